The minimum absolute atomic E-state index is 0.175. The van der Waals surface area contributed by atoms with Crippen LogP contribution in [0.5, 0.6) is 0 Å². The monoisotopic (exact) mass is 196 g/mol. The first-order chi connectivity index (χ1) is 6.44. The molecular weight excluding hydrogens is 176 g/mol. The molecule has 1 aliphatic rings. The van der Waals surface area contributed by atoms with E-state index in [0.29, 0.717) is 12.5 Å². The van der Waals surface area contributed by atoms with E-state index >= 15 is 0 Å². The predicted octanol–water partition coefficient (Wildman–Crippen LogP) is 2.93. The van der Waals surface area contributed by atoms with E-state index in [9.17, 15) is 4.79 Å². The average molecular weight is 196 g/mol. The Bertz CT molecular complexity index is 251. The number of carbonyl (C=O) groups excluding carboxylic acids is 1. The summed E-state index contributed by atoms with van der Waals surface area (Å²) in [5.41, 5.74) is 1.74. The second-order valence-corrected chi connectivity index (χ2v) is 4.67. The molecule has 0 fully saturated rings. The summed E-state index contributed by atoms with van der Waals surface area (Å²) in [6.07, 6.45) is 4.40. The van der Waals surface area contributed by atoms with Gasteiger partial charge in [-0.3, -0.25) is 4.79 Å². The smallest absolute Gasteiger partial charge is 0.302 e. The van der Waals surface area contributed by atoms with Crippen LogP contribution in [0.25, 0.3) is 0 Å². The highest BCUT2D eigenvalue weighted by atomic mass is 16.5. The van der Waals surface area contributed by atoms with E-state index in [-0.39, 0.29) is 11.4 Å². The Morgan fingerprint density at radius 2 is 2.29 bits per heavy atom. The molecule has 0 spiro atoms. The molecule has 0 aliphatic heterocycles. The van der Waals surface area contributed by atoms with Crippen LogP contribution < -0.4 is 0 Å². The average Bonchev–Trinajstić information content (AvgIpc) is 2.30. The third kappa shape index (κ3) is 2.37. The standard InChI is InChI=1S/C12H20O2/c1-9-5-6-11(12(9,3)4)7-8-14-10(2)13/h5,11H,6-8H2,1-4H3. The first-order valence-corrected chi connectivity index (χ1v) is 5.25. The molecule has 2 nitrogen and oxygen atoms in total. The molecule has 1 unspecified atom stereocenters. The molecule has 14 heavy (non-hydrogen) atoms. The van der Waals surface area contributed by atoms with E-state index in [1.165, 1.54) is 12.5 Å². The van der Waals surface area contributed by atoms with Gasteiger partial charge in [-0.2, -0.15) is 0 Å². The van der Waals surface area contributed by atoms with Crippen molar-refractivity contribution in [3.63, 3.8) is 0 Å². The minimum atomic E-state index is -0.175. The van der Waals surface area contributed by atoms with E-state index in [4.69, 9.17) is 4.74 Å². The molecule has 0 aromatic rings. The molecule has 1 rings (SSSR count). The van der Waals surface area contributed by atoms with Gasteiger partial charge in [-0.25, -0.2) is 0 Å². The van der Waals surface area contributed by atoms with Gasteiger partial charge in [0.05, 0.1) is 6.61 Å². The molecule has 0 aromatic carbocycles. The summed E-state index contributed by atoms with van der Waals surface area (Å²) in [6, 6.07) is 0. The highest BCUT2D eigenvalue weighted by molar-refractivity contribution is 5.65. The van der Waals surface area contributed by atoms with Gasteiger partial charge in [-0.1, -0.05) is 25.5 Å². The zero-order valence-electron chi connectivity index (χ0n) is 9.59. The molecular formula is C12H20O2. The summed E-state index contributed by atoms with van der Waals surface area (Å²) in [7, 11) is 0. The summed E-state index contributed by atoms with van der Waals surface area (Å²) < 4.78 is 4.97. The van der Waals surface area contributed by atoms with Crippen LogP contribution in [0.15, 0.2) is 11.6 Å². The van der Waals surface area contributed by atoms with Crippen LogP contribution in [0.3, 0.4) is 0 Å². The number of allylic oxidation sites excluding steroid dienone is 2. The molecule has 0 radical (unpaired) electrons. The lowest BCUT2D eigenvalue weighted by molar-refractivity contribution is -0.141. The molecule has 1 aliphatic carbocycles. The van der Waals surface area contributed by atoms with Gasteiger partial charge in [-0.15, -0.1) is 0 Å². The van der Waals surface area contributed by atoms with E-state index in [1.54, 1.807) is 0 Å². The maximum atomic E-state index is 10.6. The fourth-order valence-corrected chi connectivity index (χ4v) is 2.02. The van der Waals surface area contributed by atoms with Crippen LogP contribution in [0, 0.1) is 11.3 Å². The van der Waals surface area contributed by atoms with Crippen molar-refractivity contribution in [2.45, 2.75) is 40.5 Å². The summed E-state index contributed by atoms with van der Waals surface area (Å²) in [5, 5.41) is 0. The Kier molecular flexibility index (Phi) is 3.35. The normalized spacial score (nSPS) is 24.6. The van der Waals surface area contributed by atoms with Crippen LogP contribution >= 0.6 is 0 Å². The molecule has 0 bridgehead atoms. The zero-order chi connectivity index (χ0) is 10.8. The molecule has 0 aromatic heterocycles. The van der Waals surface area contributed by atoms with Crippen LogP contribution in [-0.2, 0) is 9.53 Å². The summed E-state index contributed by atoms with van der Waals surface area (Å²) in [6.45, 7) is 8.74. The van der Waals surface area contributed by atoms with E-state index in [1.807, 2.05) is 0 Å². The van der Waals surface area contributed by atoms with Gasteiger partial charge in [-0.05, 0) is 31.1 Å². The van der Waals surface area contributed by atoms with Crippen molar-refractivity contribution in [3.05, 3.63) is 11.6 Å². The Morgan fingerprint density at radius 1 is 1.64 bits per heavy atom. The summed E-state index contributed by atoms with van der Waals surface area (Å²) >= 11 is 0. The molecule has 0 saturated heterocycles. The Morgan fingerprint density at radius 3 is 2.71 bits per heavy atom. The number of hydrogen-bond acceptors (Lipinski definition) is 2. The lowest BCUT2D eigenvalue weighted by Gasteiger charge is -2.29. The predicted molar refractivity (Wildman–Crippen MR) is 56.9 cm³/mol. The van der Waals surface area contributed by atoms with E-state index < -0.39 is 0 Å². The molecule has 80 valence electrons. The van der Waals surface area contributed by atoms with Crippen molar-refractivity contribution in [1.82, 2.24) is 0 Å². The van der Waals surface area contributed by atoms with Crippen LogP contribution in [0.2, 0.25) is 0 Å². The maximum Gasteiger partial charge on any atom is 0.302 e. The van der Waals surface area contributed by atoms with Crippen LogP contribution in [0.4, 0.5) is 0 Å². The molecule has 1 atom stereocenters. The largest absolute Gasteiger partial charge is 0.466 e. The van der Waals surface area contributed by atoms with Gasteiger partial charge >= 0.3 is 5.97 Å². The second-order valence-electron chi connectivity index (χ2n) is 4.67. The van der Waals surface area contributed by atoms with Crippen molar-refractivity contribution in [1.29, 1.82) is 0 Å². The molecule has 0 heterocycles. The van der Waals surface area contributed by atoms with Gasteiger partial charge < -0.3 is 4.74 Å². The van der Waals surface area contributed by atoms with Crippen LogP contribution in [0.1, 0.15) is 40.5 Å². The molecule has 0 saturated carbocycles. The fourth-order valence-electron chi connectivity index (χ4n) is 2.02. The zero-order valence-corrected chi connectivity index (χ0v) is 9.59. The lowest BCUT2D eigenvalue weighted by atomic mass is 9.76. The first kappa shape index (κ1) is 11.3. The number of rotatable bonds is 3. The molecule has 2 heteroatoms. The van der Waals surface area contributed by atoms with E-state index in [0.717, 1.165) is 12.8 Å². The van der Waals surface area contributed by atoms with E-state index in [2.05, 4.69) is 26.8 Å². The maximum absolute atomic E-state index is 10.6. The number of ether oxygens (including phenoxy) is 1. The van der Waals surface area contributed by atoms with Crippen molar-refractivity contribution < 1.29 is 9.53 Å². The third-order valence-electron chi connectivity index (χ3n) is 3.52. The minimum Gasteiger partial charge on any atom is -0.466 e. The van der Waals surface area contributed by atoms with Gasteiger partial charge in [0.25, 0.3) is 0 Å². The van der Waals surface area contributed by atoms with Gasteiger partial charge in [0.2, 0.25) is 0 Å². The number of esters is 1. The van der Waals surface area contributed by atoms with Crippen LogP contribution in [-0.4, -0.2) is 12.6 Å². The fraction of sp³-hybridized carbons (Fsp3) is 0.750. The van der Waals surface area contributed by atoms with Crippen molar-refractivity contribution in [2.24, 2.45) is 11.3 Å². The topological polar surface area (TPSA) is 26.3 Å². The van der Waals surface area contributed by atoms with Gasteiger partial charge in [0, 0.05) is 6.92 Å². The third-order valence-corrected chi connectivity index (χ3v) is 3.52. The summed E-state index contributed by atoms with van der Waals surface area (Å²) in [4.78, 5) is 10.6. The van der Waals surface area contributed by atoms with Gasteiger partial charge in [0.1, 0.15) is 0 Å². The molecule has 0 N–H and O–H groups in total. The highest BCUT2D eigenvalue weighted by Gasteiger charge is 2.34. The SMILES string of the molecule is CC(=O)OCCC1CC=C(C)C1(C)C. The Hall–Kier alpha value is -0.790. The van der Waals surface area contributed by atoms with Crippen molar-refractivity contribution in [3.8, 4) is 0 Å². The van der Waals surface area contributed by atoms with Crippen molar-refractivity contribution in [2.75, 3.05) is 6.61 Å². The lowest BCUT2D eigenvalue weighted by Crippen LogP contribution is -2.22. The first-order valence-electron chi connectivity index (χ1n) is 5.25. The number of carbonyl (C=O) groups is 1. The second kappa shape index (κ2) is 4.16. The quantitative estimate of drug-likeness (QED) is 0.512. The summed E-state index contributed by atoms with van der Waals surface area (Å²) in [5.74, 6) is 0.451. The van der Waals surface area contributed by atoms with Crippen molar-refractivity contribution >= 4 is 5.97 Å². The van der Waals surface area contributed by atoms with Gasteiger partial charge in [0.15, 0.2) is 0 Å². The number of hydrogen-bond donors (Lipinski definition) is 0. The Balaban J connectivity index is 2.38. The molecule has 0 amide bonds. The Labute approximate surface area is 86.3 Å². The highest BCUT2D eigenvalue weighted by Crippen LogP contribution is 2.44.